The van der Waals surface area contributed by atoms with Gasteiger partial charge in [0.05, 0.1) is 11.9 Å². The van der Waals surface area contributed by atoms with Gasteiger partial charge in [-0.25, -0.2) is 8.42 Å². The Labute approximate surface area is 113 Å². The molecule has 1 heterocycles. The molecule has 0 spiro atoms. The first-order chi connectivity index (χ1) is 8.91. The molecule has 19 heavy (non-hydrogen) atoms. The highest BCUT2D eigenvalue weighted by molar-refractivity contribution is 7.91. The zero-order valence-electron chi connectivity index (χ0n) is 10.9. The minimum absolute atomic E-state index is 0.504. The Balaban J connectivity index is 2.05. The van der Waals surface area contributed by atoms with E-state index in [4.69, 9.17) is 4.74 Å². The minimum Gasteiger partial charge on any atom is -0.493 e. The number of ether oxygens (including phenoxy) is 1. The number of fused-ring (bicyclic) bond motifs is 1. The standard InChI is InChI=1S/C14H18O4S/c1-19(16,17)13-3-2-7-14(13,15)11-4-5-12-10(9-11)6-8-18-12/h4-5,9,13,15H,2-3,6-8H2,1H3. The predicted octanol–water partition coefficient (Wildman–Crippen LogP) is 1.41. The summed E-state index contributed by atoms with van der Waals surface area (Å²) in [5, 5.41) is 10.2. The van der Waals surface area contributed by atoms with Gasteiger partial charge in [0.2, 0.25) is 0 Å². The lowest BCUT2D eigenvalue weighted by atomic mass is 9.90. The van der Waals surface area contributed by atoms with Gasteiger partial charge in [0.1, 0.15) is 11.4 Å². The van der Waals surface area contributed by atoms with Gasteiger partial charge in [-0.3, -0.25) is 0 Å². The first-order valence-corrected chi connectivity index (χ1v) is 8.54. The lowest BCUT2D eigenvalue weighted by molar-refractivity contribution is 0.0476. The highest BCUT2D eigenvalue weighted by Crippen LogP contribution is 2.43. The van der Waals surface area contributed by atoms with Crippen molar-refractivity contribution in [2.45, 2.75) is 36.5 Å². The molecule has 0 radical (unpaired) electrons. The zero-order valence-corrected chi connectivity index (χ0v) is 11.7. The van der Waals surface area contributed by atoms with E-state index < -0.39 is 20.7 Å². The molecular formula is C14H18O4S. The summed E-state index contributed by atoms with van der Waals surface area (Å²) in [6.07, 6.45) is 3.81. The number of rotatable bonds is 2. The van der Waals surface area contributed by atoms with Crippen molar-refractivity contribution in [3.05, 3.63) is 29.3 Å². The van der Waals surface area contributed by atoms with E-state index in [2.05, 4.69) is 0 Å². The summed E-state index contributed by atoms with van der Waals surface area (Å²) in [4.78, 5) is 0. The van der Waals surface area contributed by atoms with E-state index in [9.17, 15) is 13.5 Å². The Bertz CT molecular complexity index is 608. The number of aliphatic hydroxyl groups is 1. The van der Waals surface area contributed by atoms with Crippen molar-refractivity contribution in [2.24, 2.45) is 0 Å². The molecule has 1 N–H and O–H groups in total. The van der Waals surface area contributed by atoms with E-state index in [1.54, 1.807) is 6.07 Å². The number of benzene rings is 1. The second kappa shape index (κ2) is 4.21. The van der Waals surface area contributed by atoms with E-state index in [1.807, 2.05) is 12.1 Å². The highest BCUT2D eigenvalue weighted by atomic mass is 32.2. The van der Waals surface area contributed by atoms with Crippen LogP contribution in [0.15, 0.2) is 18.2 Å². The van der Waals surface area contributed by atoms with Gasteiger partial charge in [0.25, 0.3) is 0 Å². The van der Waals surface area contributed by atoms with Crippen LogP contribution in [0.3, 0.4) is 0 Å². The molecule has 2 atom stereocenters. The third-order valence-electron chi connectivity index (χ3n) is 4.26. The van der Waals surface area contributed by atoms with Crippen LogP contribution < -0.4 is 4.74 Å². The monoisotopic (exact) mass is 282 g/mol. The Kier molecular flexibility index (Phi) is 2.87. The minimum atomic E-state index is -3.25. The largest absolute Gasteiger partial charge is 0.493 e. The van der Waals surface area contributed by atoms with Crippen molar-refractivity contribution in [1.82, 2.24) is 0 Å². The fourth-order valence-corrected chi connectivity index (χ4v) is 4.87. The van der Waals surface area contributed by atoms with Gasteiger partial charge in [-0.05, 0) is 42.5 Å². The van der Waals surface area contributed by atoms with Crippen LogP contribution in [0.4, 0.5) is 0 Å². The molecular weight excluding hydrogens is 264 g/mol. The van der Waals surface area contributed by atoms with Gasteiger partial charge in [-0.1, -0.05) is 6.07 Å². The van der Waals surface area contributed by atoms with E-state index in [0.29, 0.717) is 25.0 Å². The third kappa shape index (κ3) is 2.05. The quantitative estimate of drug-likeness (QED) is 0.890. The molecule has 5 heteroatoms. The Morgan fingerprint density at radius 1 is 1.42 bits per heavy atom. The molecule has 1 saturated carbocycles. The second-order valence-electron chi connectivity index (χ2n) is 5.56. The van der Waals surface area contributed by atoms with Crippen LogP contribution in [-0.2, 0) is 21.9 Å². The first-order valence-electron chi connectivity index (χ1n) is 6.59. The van der Waals surface area contributed by atoms with Gasteiger partial charge >= 0.3 is 0 Å². The molecule has 0 aromatic heterocycles. The molecule has 1 aromatic carbocycles. The maximum atomic E-state index is 11.9. The average Bonchev–Trinajstić information content (AvgIpc) is 2.93. The molecule has 104 valence electrons. The van der Waals surface area contributed by atoms with E-state index >= 15 is 0 Å². The highest BCUT2D eigenvalue weighted by Gasteiger charge is 2.48. The van der Waals surface area contributed by atoms with E-state index in [1.165, 1.54) is 6.26 Å². The Hall–Kier alpha value is -1.07. The van der Waals surface area contributed by atoms with Crippen molar-refractivity contribution < 1.29 is 18.3 Å². The molecule has 2 unspecified atom stereocenters. The van der Waals surface area contributed by atoms with Crippen LogP contribution in [-0.4, -0.2) is 31.6 Å². The van der Waals surface area contributed by atoms with Crippen molar-refractivity contribution in [2.75, 3.05) is 12.9 Å². The van der Waals surface area contributed by atoms with E-state index in [0.717, 1.165) is 24.2 Å². The number of hydrogen-bond donors (Lipinski definition) is 1. The summed E-state index contributed by atoms with van der Waals surface area (Å²) < 4.78 is 29.2. The van der Waals surface area contributed by atoms with Crippen LogP contribution in [0.1, 0.15) is 30.4 Å². The maximum absolute atomic E-state index is 11.9. The van der Waals surface area contributed by atoms with Crippen LogP contribution in [0.2, 0.25) is 0 Å². The van der Waals surface area contributed by atoms with Gasteiger partial charge in [0.15, 0.2) is 9.84 Å². The molecule has 1 aliphatic heterocycles. The van der Waals surface area contributed by atoms with Crippen LogP contribution in [0.5, 0.6) is 5.75 Å². The molecule has 3 rings (SSSR count). The summed E-state index contributed by atoms with van der Waals surface area (Å²) >= 11 is 0. The zero-order chi connectivity index (χ0) is 13.7. The molecule has 1 aliphatic carbocycles. The number of sulfone groups is 1. The smallest absolute Gasteiger partial charge is 0.153 e. The normalized spacial score (nSPS) is 30.1. The summed E-state index contributed by atoms with van der Waals surface area (Å²) in [6.45, 7) is 0.659. The van der Waals surface area contributed by atoms with E-state index in [-0.39, 0.29) is 0 Å². The van der Waals surface area contributed by atoms with Crippen molar-refractivity contribution in [3.63, 3.8) is 0 Å². The topological polar surface area (TPSA) is 63.6 Å². The van der Waals surface area contributed by atoms with Crippen molar-refractivity contribution in [1.29, 1.82) is 0 Å². The summed E-state index contributed by atoms with van der Waals surface area (Å²) in [5.41, 5.74) is 0.528. The summed E-state index contributed by atoms with van der Waals surface area (Å²) in [7, 11) is -3.25. The molecule has 4 nitrogen and oxygen atoms in total. The average molecular weight is 282 g/mol. The third-order valence-corrected chi connectivity index (χ3v) is 5.92. The van der Waals surface area contributed by atoms with Gasteiger partial charge in [-0.15, -0.1) is 0 Å². The fraction of sp³-hybridized carbons (Fsp3) is 0.571. The molecule has 0 saturated heterocycles. The molecule has 0 bridgehead atoms. The molecule has 2 aliphatic rings. The van der Waals surface area contributed by atoms with Crippen LogP contribution in [0.25, 0.3) is 0 Å². The van der Waals surface area contributed by atoms with Crippen molar-refractivity contribution >= 4 is 9.84 Å². The lowest BCUT2D eigenvalue weighted by Crippen LogP contribution is -2.39. The van der Waals surface area contributed by atoms with Gasteiger partial charge in [-0.2, -0.15) is 0 Å². The van der Waals surface area contributed by atoms with Gasteiger partial charge in [0, 0.05) is 12.7 Å². The SMILES string of the molecule is CS(=O)(=O)C1CCCC1(O)c1ccc2c(c1)CCO2. The number of hydrogen-bond acceptors (Lipinski definition) is 4. The van der Waals surface area contributed by atoms with Crippen LogP contribution >= 0.6 is 0 Å². The van der Waals surface area contributed by atoms with Crippen molar-refractivity contribution in [3.8, 4) is 5.75 Å². The molecule has 1 aromatic rings. The Morgan fingerprint density at radius 2 is 2.21 bits per heavy atom. The summed E-state index contributed by atoms with van der Waals surface area (Å²) in [6, 6.07) is 5.55. The first kappa shape index (κ1) is 12.9. The lowest BCUT2D eigenvalue weighted by Gasteiger charge is -2.29. The summed E-state index contributed by atoms with van der Waals surface area (Å²) in [5.74, 6) is 0.848. The molecule has 0 amide bonds. The second-order valence-corrected chi connectivity index (χ2v) is 7.78. The predicted molar refractivity (Wildman–Crippen MR) is 72.0 cm³/mol. The maximum Gasteiger partial charge on any atom is 0.153 e. The van der Waals surface area contributed by atoms with Crippen LogP contribution in [0, 0.1) is 0 Å². The van der Waals surface area contributed by atoms with Gasteiger partial charge < -0.3 is 9.84 Å². The Morgan fingerprint density at radius 3 is 2.95 bits per heavy atom. The fourth-order valence-electron chi connectivity index (χ4n) is 3.31. The molecule has 1 fully saturated rings.